The first-order valence-corrected chi connectivity index (χ1v) is 10.4. The van der Waals surface area contributed by atoms with Gasteiger partial charge in [-0.1, -0.05) is 0 Å². The van der Waals surface area contributed by atoms with E-state index in [1.54, 1.807) is 42.7 Å². The first kappa shape index (κ1) is 20.0. The van der Waals surface area contributed by atoms with Gasteiger partial charge in [0.25, 0.3) is 0 Å². The van der Waals surface area contributed by atoms with Gasteiger partial charge < -0.3 is 25.3 Å². The highest BCUT2D eigenvalue weighted by molar-refractivity contribution is 5.94. The zero-order valence-corrected chi connectivity index (χ0v) is 16.7. The third-order valence-corrected chi connectivity index (χ3v) is 5.52. The topological polar surface area (TPSA) is 104 Å². The summed E-state index contributed by atoms with van der Waals surface area (Å²) >= 11 is 0. The summed E-state index contributed by atoms with van der Waals surface area (Å²) in [5, 5.41) is 8.37. The number of hydrogen-bond donors (Lipinski definition) is 3. The summed E-state index contributed by atoms with van der Waals surface area (Å²) < 4.78 is 5.17. The zero-order chi connectivity index (χ0) is 20.9. The van der Waals surface area contributed by atoms with Gasteiger partial charge >= 0.3 is 6.03 Å². The van der Waals surface area contributed by atoms with E-state index >= 15 is 0 Å². The van der Waals surface area contributed by atoms with Crippen LogP contribution in [-0.2, 0) is 16.1 Å². The molecule has 0 spiro atoms. The van der Waals surface area contributed by atoms with Gasteiger partial charge in [0, 0.05) is 36.3 Å². The molecule has 4 amide bonds. The molecule has 0 radical (unpaired) electrons. The molecule has 1 aromatic heterocycles. The molecule has 2 fully saturated rings. The standard InChI is InChI=1S/C22H26N4O4/c27-20(15-9-11-26(12-10-15)21(28)16-3-4-16)24-17-5-7-18(8-6-17)25-22(29)23-14-19-2-1-13-30-19/h1-2,5-8,13,15-16H,3-4,9-12,14H2,(H,24,27)(H2,23,25,29). The van der Waals surface area contributed by atoms with Crippen molar-refractivity contribution < 1.29 is 18.8 Å². The van der Waals surface area contributed by atoms with Gasteiger partial charge in [-0.3, -0.25) is 9.59 Å². The number of benzene rings is 1. The van der Waals surface area contributed by atoms with Gasteiger partial charge in [-0.15, -0.1) is 0 Å². The Hall–Kier alpha value is -3.29. The summed E-state index contributed by atoms with van der Waals surface area (Å²) in [6.45, 7) is 1.62. The Morgan fingerprint density at radius 2 is 1.57 bits per heavy atom. The molecule has 1 saturated carbocycles. The minimum atomic E-state index is -0.337. The molecule has 2 aromatic rings. The lowest BCUT2D eigenvalue weighted by Gasteiger charge is -2.31. The molecule has 2 aliphatic rings. The second-order valence-electron chi connectivity index (χ2n) is 7.83. The van der Waals surface area contributed by atoms with Crippen LogP contribution in [-0.4, -0.2) is 35.8 Å². The number of piperidine rings is 1. The molecular weight excluding hydrogens is 384 g/mol. The fraction of sp³-hybridized carbons (Fsp3) is 0.409. The summed E-state index contributed by atoms with van der Waals surface area (Å²) in [4.78, 5) is 38.5. The minimum absolute atomic E-state index is 0.0228. The number of carbonyl (C=O) groups excluding carboxylic acids is 3. The van der Waals surface area contributed by atoms with Crippen LogP contribution >= 0.6 is 0 Å². The number of urea groups is 1. The van der Waals surface area contributed by atoms with Crippen molar-refractivity contribution in [3.8, 4) is 0 Å². The largest absolute Gasteiger partial charge is 0.467 e. The van der Waals surface area contributed by atoms with Gasteiger partial charge in [0.15, 0.2) is 0 Å². The number of furan rings is 1. The third-order valence-electron chi connectivity index (χ3n) is 5.52. The van der Waals surface area contributed by atoms with Gasteiger partial charge in [-0.05, 0) is 62.1 Å². The Kier molecular flexibility index (Phi) is 6.02. The molecule has 0 unspecified atom stereocenters. The van der Waals surface area contributed by atoms with Gasteiger partial charge in [0.2, 0.25) is 11.8 Å². The molecule has 30 heavy (non-hydrogen) atoms. The molecule has 0 atom stereocenters. The van der Waals surface area contributed by atoms with Crippen molar-refractivity contribution in [1.29, 1.82) is 0 Å². The molecule has 8 heteroatoms. The first-order chi connectivity index (χ1) is 14.6. The van der Waals surface area contributed by atoms with Crippen molar-refractivity contribution in [2.75, 3.05) is 23.7 Å². The molecule has 1 saturated heterocycles. The van der Waals surface area contributed by atoms with Crippen LogP contribution in [0, 0.1) is 11.8 Å². The Balaban J connectivity index is 1.20. The molecule has 1 aromatic carbocycles. The molecule has 0 bridgehead atoms. The van der Waals surface area contributed by atoms with Crippen LogP contribution in [0.25, 0.3) is 0 Å². The number of anilines is 2. The Bertz CT molecular complexity index is 882. The maximum Gasteiger partial charge on any atom is 0.319 e. The fourth-order valence-corrected chi connectivity index (χ4v) is 3.59. The Morgan fingerprint density at radius 1 is 0.900 bits per heavy atom. The van der Waals surface area contributed by atoms with Gasteiger partial charge in [0.05, 0.1) is 12.8 Å². The number of likely N-dealkylation sites (tertiary alicyclic amines) is 1. The molecular formula is C22H26N4O4. The SMILES string of the molecule is O=C(NCc1ccco1)Nc1ccc(NC(=O)C2CCN(C(=O)C3CC3)CC2)cc1. The van der Waals surface area contributed by atoms with E-state index in [-0.39, 0.29) is 29.7 Å². The van der Waals surface area contributed by atoms with Crippen LogP contribution in [0.5, 0.6) is 0 Å². The monoisotopic (exact) mass is 410 g/mol. The van der Waals surface area contributed by atoms with Crippen LogP contribution in [0.1, 0.15) is 31.4 Å². The average molecular weight is 410 g/mol. The highest BCUT2D eigenvalue weighted by Crippen LogP contribution is 2.32. The van der Waals surface area contributed by atoms with E-state index in [1.165, 1.54) is 0 Å². The molecule has 1 aliphatic carbocycles. The van der Waals surface area contributed by atoms with E-state index in [0.29, 0.717) is 49.6 Å². The predicted molar refractivity (Wildman–Crippen MR) is 112 cm³/mol. The lowest BCUT2D eigenvalue weighted by Crippen LogP contribution is -2.42. The van der Waals surface area contributed by atoms with Crippen molar-refractivity contribution >= 4 is 29.2 Å². The number of rotatable bonds is 6. The van der Waals surface area contributed by atoms with E-state index < -0.39 is 0 Å². The van der Waals surface area contributed by atoms with Crippen LogP contribution in [0.15, 0.2) is 47.1 Å². The summed E-state index contributed by atoms with van der Waals surface area (Å²) in [6.07, 6.45) is 4.96. The van der Waals surface area contributed by atoms with Crippen LogP contribution in [0.3, 0.4) is 0 Å². The van der Waals surface area contributed by atoms with Gasteiger partial charge in [0.1, 0.15) is 5.76 Å². The number of carbonyl (C=O) groups is 3. The third kappa shape index (κ3) is 5.20. The highest BCUT2D eigenvalue weighted by atomic mass is 16.3. The lowest BCUT2D eigenvalue weighted by atomic mass is 9.95. The molecule has 4 rings (SSSR count). The van der Waals surface area contributed by atoms with Crippen LogP contribution in [0.4, 0.5) is 16.2 Å². The molecule has 1 aliphatic heterocycles. The van der Waals surface area contributed by atoms with E-state index in [0.717, 1.165) is 12.8 Å². The zero-order valence-electron chi connectivity index (χ0n) is 16.7. The number of nitrogens with zero attached hydrogens (tertiary/aromatic N) is 1. The molecule has 2 heterocycles. The van der Waals surface area contributed by atoms with Crippen molar-refractivity contribution in [3.05, 3.63) is 48.4 Å². The Labute approximate surface area is 175 Å². The summed E-state index contributed by atoms with van der Waals surface area (Å²) in [5.74, 6) is 1.05. The highest BCUT2D eigenvalue weighted by Gasteiger charge is 2.35. The van der Waals surface area contributed by atoms with Crippen molar-refractivity contribution in [1.82, 2.24) is 10.2 Å². The normalized spacial score (nSPS) is 16.7. The smallest absolute Gasteiger partial charge is 0.319 e. The van der Waals surface area contributed by atoms with Crippen molar-refractivity contribution in [3.63, 3.8) is 0 Å². The van der Waals surface area contributed by atoms with Gasteiger partial charge in [-0.25, -0.2) is 4.79 Å². The Morgan fingerprint density at radius 3 is 2.17 bits per heavy atom. The maximum atomic E-state index is 12.5. The summed E-state index contributed by atoms with van der Waals surface area (Å²) in [7, 11) is 0. The molecule has 158 valence electrons. The van der Waals surface area contributed by atoms with E-state index in [1.807, 2.05) is 4.90 Å². The number of hydrogen-bond acceptors (Lipinski definition) is 4. The van der Waals surface area contributed by atoms with E-state index in [2.05, 4.69) is 16.0 Å². The predicted octanol–water partition coefficient (Wildman–Crippen LogP) is 3.19. The summed E-state index contributed by atoms with van der Waals surface area (Å²) in [6, 6.07) is 10.2. The van der Waals surface area contributed by atoms with Crippen molar-refractivity contribution in [2.45, 2.75) is 32.2 Å². The molecule has 3 N–H and O–H groups in total. The fourth-order valence-electron chi connectivity index (χ4n) is 3.59. The van der Waals surface area contributed by atoms with Crippen LogP contribution in [0.2, 0.25) is 0 Å². The van der Waals surface area contributed by atoms with Crippen LogP contribution < -0.4 is 16.0 Å². The number of amides is 4. The summed E-state index contributed by atoms with van der Waals surface area (Å²) in [5.41, 5.74) is 1.30. The van der Waals surface area contributed by atoms with E-state index in [4.69, 9.17) is 4.42 Å². The molecule has 8 nitrogen and oxygen atoms in total. The lowest BCUT2D eigenvalue weighted by molar-refractivity contribution is -0.135. The average Bonchev–Trinajstić information content (AvgIpc) is 3.48. The van der Waals surface area contributed by atoms with E-state index in [9.17, 15) is 14.4 Å². The second kappa shape index (κ2) is 9.02. The van der Waals surface area contributed by atoms with Crippen molar-refractivity contribution in [2.24, 2.45) is 11.8 Å². The minimum Gasteiger partial charge on any atom is -0.467 e. The maximum absolute atomic E-state index is 12.5. The van der Waals surface area contributed by atoms with Gasteiger partial charge in [-0.2, -0.15) is 0 Å². The quantitative estimate of drug-likeness (QED) is 0.680. The second-order valence-corrected chi connectivity index (χ2v) is 7.83. The number of nitrogens with one attached hydrogen (secondary N) is 3. The first-order valence-electron chi connectivity index (χ1n) is 10.4.